The fourth-order valence-corrected chi connectivity index (χ4v) is 2.68. The third-order valence-electron chi connectivity index (χ3n) is 3.02. The molecule has 6 heteroatoms. The zero-order valence-corrected chi connectivity index (χ0v) is 14.8. The molecule has 1 heterocycles. The van der Waals surface area contributed by atoms with Crippen molar-refractivity contribution in [2.24, 2.45) is 0 Å². The zero-order valence-electron chi connectivity index (χ0n) is 11.1. The molecular weight excluding hydrogens is 410 g/mol. The van der Waals surface area contributed by atoms with Crippen molar-refractivity contribution in [1.29, 1.82) is 0 Å². The van der Waals surface area contributed by atoms with Gasteiger partial charge < -0.3 is 0 Å². The summed E-state index contributed by atoms with van der Waals surface area (Å²) in [5, 5.41) is 5.46. The van der Waals surface area contributed by atoms with Gasteiger partial charge in [-0.05, 0) is 48.6 Å². The molecular formula is C14H13Cl2IN2O. The molecule has 0 fully saturated rings. The first kappa shape index (κ1) is 15.8. The number of hydrogen-bond donors (Lipinski definition) is 0. The van der Waals surface area contributed by atoms with Gasteiger partial charge in [-0.1, -0.05) is 29.3 Å². The lowest BCUT2D eigenvalue weighted by Gasteiger charge is -2.06. The second-order valence-corrected chi connectivity index (χ2v) is 6.34. The summed E-state index contributed by atoms with van der Waals surface area (Å²) in [4.78, 5) is 12.3. The van der Waals surface area contributed by atoms with Crippen LogP contribution in [0.25, 0.3) is 0 Å². The number of hydrogen-bond acceptors (Lipinski definition) is 2. The molecule has 0 aliphatic rings. The fraction of sp³-hybridized carbons (Fsp3) is 0.286. The normalized spacial score (nSPS) is 10.8. The Morgan fingerprint density at radius 3 is 2.70 bits per heavy atom. The predicted octanol–water partition coefficient (Wildman–Crippen LogP) is 4.55. The van der Waals surface area contributed by atoms with Gasteiger partial charge in [0, 0.05) is 15.7 Å². The number of ketones is 1. The van der Waals surface area contributed by atoms with Crippen molar-refractivity contribution in [3.05, 3.63) is 48.8 Å². The lowest BCUT2D eigenvalue weighted by Crippen LogP contribution is -2.10. The van der Waals surface area contributed by atoms with Gasteiger partial charge in [0.05, 0.1) is 27.9 Å². The molecule has 0 bridgehead atoms. The zero-order chi connectivity index (χ0) is 14.9. The van der Waals surface area contributed by atoms with Gasteiger partial charge in [0.25, 0.3) is 0 Å². The molecule has 3 nitrogen and oxygen atoms in total. The SMILES string of the molecule is CCn1nc(C)c(Cl)c1CC(=O)c1ccc(I)c(Cl)c1. The Kier molecular flexibility index (Phi) is 5.09. The molecule has 0 unspecified atom stereocenters. The number of carbonyl (C=O) groups excluding carboxylic acids is 1. The van der Waals surface area contributed by atoms with Gasteiger partial charge in [-0.3, -0.25) is 9.48 Å². The summed E-state index contributed by atoms with van der Waals surface area (Å²) in [6, 6.07) is 5.31. The van der Waals surface area contributed by atoms with E-state index in [0.29, 0.717) is 22.2 Å². The van der Waals surface area contributed by atoms with Crippen LogP contribution in [0.3, 0.4) is 0 Å². The van der Waals surface area contributed by atoms with Gasteiger partial charge in [-0.25, -0.2) is 0 Å². The Morgan fingerprint density at radius 2 is 2.10 bits per heavy atom. The van der Waals surface area contributed by atoms with Crippen molar-refractivity contribution in [3.63, 3.8) is 0 Å². The average Bonchev–Trinajstić information content (AvgIpc) is 2.69. The monoisotopic (exact) mass is 422 g/mol. The number of Topliss-reactive ketones (excluding diaryl/α,β-unsaturated/α-hetero) is 1. The molecule has 0 N–H and O–H groups in total. The van der Waals surface area contributed by atoms with Gasteiger partial charge in [0.2, 0.25) is 0 Å². The standard InChI is InChI=1S/C14H13Cl2IN2O/c1-3-19-12(14(16)8(2)18-19)7-13(20)9-4-5-11(17)10(15)6-9/h4-6H,3,7H2,1-2H3. The Hall–Kier alpha value is -0.590. The van der Waals surface area contributed by atoms with Crippen LogP contribution in [0.2, 0.25) is 10.0 Å². The van der Waals surface area contributed by atoms with Crippen LogP contribution in [-0.4, -0.2) is 15.6 Å². The summed E-state index contributed by atoms with van der Waals surface area (Å²) in [6.07, 6.45) is 0.227. The average molecular weight is 423 g/mol. The van der Waals surface area contributed by atoms with E-state index in [-0.39, 0.29) is 12.2 Å². The van der Waals surface area contributed by atoms with E-state index in [2.05, 4.69) is 27.7 Å². The van der Waals surface area contributed by atoms with E-state index in [0.717, 1.165) is 15.0 Å². The second kappa shape index (κ2) is 6.45. The maximum Gasteiger partial charge on any atom is 0.168 e. The molecule has 2 rings (SSSR count). The van der Waals surface area contributed by atoms with Crippen LogP contribution in [0, 0.1) is 10.5 Å². The highest BCUT2D eigenvalue weighted by Crippen LogP contribution is 2.24. The molecule has 0 atom stereocenters. The molecule has 2 aromatic rings. The summed E-state index contributed by atoms with van der Waals surface area (Å²) < 4.78 is 2.69. The fourth-order valence-electron chi connectivity index (χ4n) is 1.96. The van der Waals surface area contributed by atoms with Crippen LogP contribution >= 0.6 is 45.8 Å². The van der Waals surface area contributed by atoms with Crippen LogP contribution in [-0.2, 0) is 13.0 Å². The number of halogens is 3. The van der Waals surface area contributed by atoms with E-state index in [9.17, 15) is 4.79 Å². The minimum absolute atomic E-state index is 0.0141. The van der Waals surface area contributed by atoms with E-state index >= 15 is 0 Å². The minimum atomic E-state index is -0.0141. The first-order valence-corrected chi connectivity index (χ1v) is 7.97. The molecule has 20 heavy (non-hydrogen) atoms. The maximum absolute atomic E-state index is 12.3. The molecule has 0 aliphatic heterocycles. The van der Waals surface area contributed by atoms with Crippen molar-refractivity contribution in [1.82, 2.24) is 9.78 Å². The molecule has 0 saturated heterocycles. The highest BCUT2D eigenvalue weighted by atomic mass is 127. The van der Waals surface area contributed by atoms with Crippen LogP contribution in [0.5, 0.6) is 0 Å². The molecule has 1 aromatic heterocycles. The van der Waals surface area contributed by atoms with Crippen LogP contribution < -0.4 is 0 Å². The van der Waals surface area contributed by atoms with E-state index < -0.39 is 0 Å². The van der Waals surface area contributed by atoms with Gasteiger partial charge in [-0.2, -0.15) is 5.10 Å². The maximum atomic E-state index is 12.3. The van der Waals surface area contributed by atoms with Gasteiger partial charge >= 0.3 is 0 Å². The predicted molar refractivity (Wildman–Crippen MR) is 89.9 cm³/mol. The van der Waals surface area contributed by atoms with Crippen LogP contribution in [0.15, 0.2) is 18.2 Å². The lowest BCUT2D eigenvalue weighted by molar-refractivity contribution is 0.0990. The number of benzene rings is 1. The van der Waals surface area contributed by atoms with Crippen molar-refractivity contribution in [2.45, 2.75) is 26.8 Å². The van der Waals surface area contributed by atoms with Gasteiger partial charge in [-0.15, -0.1) is 0 Å². The smallest absolute Gasteiger partial charge is 0.168 e. The van der Waals surface area contributed by atoms with Crippen molar-refractivity contribution in [3.8, 4) is 0 Å². The first-order valence-electron chi connectivity index (χ1n) is 6.14. The molecule has 1 aromatic carbocycles. The molecule has 106 valence electrons. The number of nitrogens with zero attached hydrogens (tertiary/aromatic N) is 2. The van der Waals surface area contributed by atoms with Crippen molar-refractivity contribution >= 4 is 51.6 Å². The number of rotatable bonds is 4. The second-order valence-electron chi connectivity index (χ2n) is 4.39. The van der Waals surface area contributed by atoms with Crippen molar-refractivity contribution < 1.29 is 4.79 Å². The van der Waals surface area contributed by atoms with E-state index in [1.807, 2.05) is 19.9 Å². The Labute approximate surface area is 141 Å². The minimum Gasteiger partial charge on any atom is -0.294 e. The van der Waals surface area contributed by atoms with Crippen LogP contribution in [0.4, 0.5) is 0 Å². The first-order chi connectivity index (χ1) is 9.43. The summed E-state index contributed by atoms with van der Waals surface area (Å²) in [5.41, 5.74) is 2.09. The summed E-state index contributed by atoms with van der Waals surface area (Å²) in [7, 11) is 0. The molecule has 0 spiro atoms. The van der Waals surface area contributed by atoms with Crippen molar-refractivity contribution in [2.75, 3.05) is 0 Å². The Bertz CT molecular complexity index is 667. The highest BCUT2D eigenvalue weighted by Gasteiger charge is 2.17. The third kappa shape index (κ3) is 3.18. The summed E-state index contributed by atoms with van der Waals surface area (Å²) >= 11 is 14.4. The Morgan fingerprint density at radius 1 is 1.40 bits per heavy atom. The number of aryl methyl sites for hydroxylation is 2. The number of carbonyl (C=O) groups is 1. The summed E-state index contributed by atoms with van der Waals surface area (Å²) in [6.45, 7) is 4.49. The summed E-state index contributed by atoms with van der Waals surface area (Å²) in [5.74, 6) is -0.0141. The van der Waals surface area contributed by atoms with Gasteiger partial charge in [0.1, 0.15) is 0 Å². The lowest BCUT2D eigenvalue weighted by atomic mass is 10.1. The molecule has 0 amide bonds. The molecule has 0 radical (unpaired) electrons. The van der Waals surface area contributed by atoms with E-state index in [4.69, 9.17) is 23.2 Å². The third-order valence-corrected chi connectivity index (χ3v) is 5.09. The Balaban J connectivity index is 2.30. The largest absolute Gasteiger partial charge is 0.294 e. The quantitative estimate of drug-likeness (QED) is 0.535. The highest BCUT2D eigenvalue weighted by molar-refractivity contribution is 14.1. The van der Waals surface area contributed by atoms with Crippen LogP contribution in [0.1, 0.15) is 28.7 Å². The van der Waals surface area contributed by atoms with Gasteiger partial charge in [0.15, 0.2) is 5.78 Å². The number of aromatic nitrogens is 2. The topological polar surface area (TPSA) is 34.9 Å². The molecule has 0 saturated carbocycles. The van der Waals surface area contributed by atoms with E-state index in [1.165, 1.54) is 0 Å². The van der Waals surface area contributed by atoms with E-state index in [1.54, 1.807) is 16.8 Å². The molecule has 0 aliphatic carbocycles.